The van der Waals surface area contributed by atoms with Crippen LogP contribution < -0.4 is 5.32 Å². The molecule has 16 heavy (non-hydrogen) atoms. The average molecular weight is 298 g/mol. The van der Waals surface area contributed by atoms with Crippen molar-refractivity contribution in [2.24, 2.45) is 0 Å². The van der Waals surface area contributed by atoms with Crippen LogP contribution in [0.25, 0.3) is 11.0 Å². The summed E-state index contributed by atoms with van der Waals surface area (Å²) >= 11 is 5.45. The summed E-state index contributed by atoms with van der Waals surface area (Å²) in [6, 6.07) is 6.50. The lowest BCUT2D eigenvalue weighted by Crippen LogP contribution is -2.30. The van der Waals surface area contributed by atoms with Gasteiger partial charge in [-0.3, -0.25) is 0 Å². The number of nitrogens with zero attached hydrogens (tertiary/aromatic N) is 1. The molecule has 1 fully saturated rings. The Morgan fingerprint density at radius 1 is 1.44 bits per heavy atom. The fourth-order valence-corrected chi connectivity index (χ4v) is 3.21. The molecule has 0 saturated carbocycles. The van der Waals surface area contributed by atoms with Crippen LogP contribution in [-0.4, -0.2) is 28.0 Å². The molecule has 1 saturated heterocycles. The van der Waals surface area contributed by atoms with Crippen LogP contribution in [0, 0.1) is 0 Å². The molecule has 2 aromatic rings. The molecule has 3 nitrogen and oxygen atoms in total. The van der Waals surface area contributed by atoms with Gasteiger partial charge in [-0.05, 0) is 18.2 Å². The molecule has 0 amide bonds. The van der Waals surface area contributed by atoms with E-state index in [4.69, 9.17) is 0 Å². The largest absolute Gasteiger partial charge is 0.341 e. The monoisotopic (exact) mass is 297 g/mol. The van der Waals surface area contributed by atoms with Crippen molar-refractivity contribution in [1.82, 2.24) is 15.3 Å². The third-order valence-electron chi connectivity index (χ3n) is 2.71. The Morgan fingerprint density at radius 2 is 2.38 bits per heavy atom. The minimum absolute atomic E-state index is 0.366. The number of imidazole rings is 1. The maximum atomic E-state index is 4.63. The van der Waals surface area contributed by atoms with Crippen LogP contribution in [0.4, 0.5) is 0 Å². The summed E-state index contributed by atoms with van der Waals surface area (Å²) in [5, 5.41) is 3.48. The molecule has 1 aromatic carbocycles. The Hall–Kier alpha value is -0.520. The highest BCUT2D eigenvalue weighted by molar-refractivity contribution is 9.10. The second-order valence-electron chi connectivity index (χ2n) is 3.87. The number of fused-ring (bicyclic) bond motifs is 1. The number of thioether (sulfide) groups is 1. The number of halogens is 1. The van der Waals surface area contributed by atoms with Crippen molar-refractivity contribution in [3.63, 3.8) is 0 Å². The molecule has 1 unspecified atom stereocenters. The molecule has 1 aromatic heterocycles. The van der Waals surface area contributed by atoms with Gasteiger partial charge in [-0.2, -0.15) is 11.8 Å². The van der Waals surface area contributed by atoms with Crippen LogP contribution in [0.1, 0.15) is 11.9 Å². The molecule has 2 heterocycles. The van der Waals surface area contributed by atoms with E-state index in [2.05, 4.69) is 37.3 Å². The number of aromatic nitrogens is 2. The van der Waals surface area contributed by atoms with Gasteiger partial charge in [0.15, 0.2) is 0 Å². The standard InChI is InChI=1S/C11H12BrN3S/c12-7-1-2-8-9(5-7)15-11(14-8)10-6-16-4-3-13-10/h1-2,5,10,13H,3-4,6H2,(H,14,15). The highest BCUT2D eigenvalue weighted by atomic mass is 79.9. The van der Waals surface area contributed by atoms with Crippen LogP contribution in [0.15, 0.2) is 22.7 Å². The Morgan fingerprint density at radius 3 is 3.19 bits per heavy atom. The van der Waals surface area contributed by atoms with E-state index in [1.54, 1.807) is 0 Å². The molecule has 0 spiro atoms. The van der Waals surface area contributed by atoms with Gasteiger partial charge in [0.1, 0.15) is 5.82 Å². The van der Waals surface area contributed by atoms with E-state index >= 15 is 0 Å². The van der Waals surface area contributed by atoms with Crippen LogP contribution in [0.5, 0.6) is 0 Å². The summed E-state index contributed by atoms with van der Waals surface area (Å²) in [4.78, 5) is 8.01. The number of hydrogen-bond donors (Lipinski definition) is 2. The molecule has 3 rings (SSSR count). The molecule has 0 radical (unpaired) electrons. The first-order valence-electron chi connectivity index (χ1n) is 5.29. The minimum atomic E-state index is 0.366. The van der Waals surface area contributed by atoms with Crippen molar-refractivity contribution < 1.29 is 0 Å². The van der Waals surface area contributed by atoms with E-state index in [-0.39, 0.29) is 0 Å². The van der Waals surface area contributed by atoms with Crippen LogP contribution in [0.2, 0.25) is 0 Å². The molecular weight excluding hydrogens is 286 g/mol. The van der Waals surface area contributed by atoms with E-state index in [1.807, 2.05) is 23.9 Å². The molecule has 0 aliphatic carbocycles. The molecule has 1 aliphatic rings. The van der Waals surface area contributed by atoms with Crippen LogP contribution in [-0.2, 0) is 0 Å². The first-order chi connectivity index (χ1) is 7.83. The number of hydrogen-bond acceptors (Lipinski definition) is 3. The normalized spacial score (nSPS) is 21.4. The molecule has 1 aliphatic heterocycles. The Kier molecular flexibility index (Phi) is 2.91. The average Bonchev–Trinajstić information content (AvgIpc) is 2.73. The van der Waals surface area contributed by atoms with E-state index in [0.29, 0.717) is 6.04 Å². The lowest BCUT2D eigenvalue weighted by Gasteiger charge is -2.20. The molecular formula is C11H12BrN3S. The highest BCUT2D eigenvalue weighted by Crippen LogP contribution is 2.23. The zero-order valence-electron chi connectivity index (χ0n) is 8.66. The van der Waals surface area contributed by atoms with Crippen molar-refractivity contribution in [2.45, 2.75) is 6.04 Å². The summed E-state index contributed by atoms with van der Waals surface area (Å²) in [7, 11) is 0. The number of H-pyrrole nitrogens is 1. The van der Waals surface area contributed by atoms with Crippen molar-refractivity contribution in [3.8, 4) is 0 Å². The highest BCUT2D eigenvalue weighted by Gasteiger charge is 2.18. The summed E-state index contributed by atoms with van der Waals surface area (Å²) in [6.07, 6.45) is 0. The third-order valence-corrected chi connectivity index (χ3v) is 4.27. The van der Waals surface area contributed by atoms with Crippen molar-refractivity contribution >= 4 is 38.7 Å². The molecule has 1 atom stereocenters. The lowest BCUT2D eigenvalue weighted by molar-refractivity contribution is 0.571. The van der Waals surface area contributed by atoms with Gasteiger partial charge in [-0.1, -0.05) is 15.9 Å². The number of nitrogens with one attached hydrogen (secondary N) is 2. The van der Waals surface area contributed by atoms with E-state index in [0.717, 1.165) is 33.6 Å². The van der Waals surface area contributed by atoms with Gasteiger partial charge in [0.25, 0.3) is 0 Å². The van der Waals surface area contributed by atoms with Gasteiger partial charge in [0.05, 0.1) is 17.1 Å². The topological polar surface area (TPSA) is 40.7 Å². The Balaban J connectivity index is 1.97. The fourth-order valence-electron chi connectivity index (χ4n) is 1.91. The molecule has 0 bridgehead atoms. The van der Waals surface area contributed by atoms with E-state index in [9.17, 15) is 0 Å². The second-order valence-corrected chi connectivity index (χ2v) is 5.93. The Bertz CT molecular complexity index is 505. The van der Waals surface area contributed by atoms with Gasteiger partial charge in [-0.25, -0.2) is 4.98 Å². The predicted molar refractivity (Wildman–Crippen MR) is 71.9 cm³/mol. The van der Waals surface area contributed by atoms with Crippen molar-refractivity contribution in [1.29, 1.82) is 0 Å². The number of aromatic amines is 1. The van der Waals surface area contributed by atoms with Gasteiger partial charge < -0.3 is 10.3 Å². The summed E-state index contributed by atoms with van der Waals surface area (Å²) in [5.41, 5.74) is 2.14. The van der Waals surface area contributed by atoms with Crippen LogP contribution >= 0.6 is 27.7 Å². The first kappa shape index (κ1) is 10.6. The Labute approximate surface area is 107 Å². The second kappa shape index (κ2) is 4.39. The lowest BCUT2D eigenvalue weighted by atomic mass is 10.3. The summed E-state index contributed by atoms with van der Waals surface area (Å²) in [6.45, 7) is 1.07. The fraction of sp³-hybridized carbons (Fsp3) is 0.364. The maximum absolute atomic E-state index is 4.63. The maximum Gasteiger partial charge on any atom is 0.125 e. The quantitative estimate of drug-likeness (QED) is 0.850. The van der Waals surface area contributed by atoms with E-state index in [1.165, 1.54) is 5.75 Å². The van der Waals surface area contributed by atoms with Gasteiger partial charge in [-0.15, -0.1) is 0 Å². The van der Waals surface area contributed by atoms with Gasteiger partial charge in [0.2, 0.25) is 0 Å². The van der Waals surface area contributed by atoms with Gasteiger partial charge in [0, 0.05) is 22.5 Å². The number of rotatable bonds is 1. The number of benzene rings is 1. The molecule has 5 heteroatoms. The minimum Gasteiger partial charge on any atom is -0.341 e. The smallest absolute Gasteiger partial charge is 0.125 e. The van der Waals surface area contributed by atoms with Crippen molar-refractivity contribution in [2.75, 3.05) is 18.1 Å². The SMILES string of the molecule is Brc1ccc2nc(C3CSCCN3)[nH]c2c1. The summed E-state index contributed by atoms with van der Waals surface area (Å²) in [5.74, 6) is 3.35. The zero-order chi connectivity index (χ0) is 11.0. The van der Waals surface area contributed by atoms with Crippen LogP contribution in [0.3, 0.4) is 0 Å². The van der Waals surface area contributed by atoms with E-state index < -0.39 is 0 Å². The predicted octanol–water partition coefficient (Wildman–Crippen LogP) is 2.70. The first-order valence-corrected chi connectivity index (χ1v) is 7.24. The molecule has 84 valence electrons. The van der Waals surface area contributed by atoms with Gasteiger partial charge >= 0.3 is 0 Å². The molecule has 2 N–H and O–H groups in total. The van der Waals surface area contributed by atoms with Crippen molar-refractivity contribution in [3.05, 3.63) is 28.5 Å². The zero-order valence-corrected chi connectivity index (χ0v) is 11.1. The summed E-state index contributed by atoms with van der Waals surface area (Å²) < 4.78 is 1.08. The third kappa shape index (κ3) is 1.99.